The van der Waals surface area contributed by atoms with E-state index in [-0.39, 0.29) is 6.10 Å². The molecule has 13 heavy (non-hydrogen) atoms. The Bertz CT molecular complexity index is 284. The van der Waals surface area contributed by atoms with Gasteiger partial charge in [-0.05, 0) is 18.8 Å². The molecule has 0 radical (unpaired) electrons. The van der Waals surface area contributed by atoms with Gasteiger partial charge in [-0.15, -0.1) is 0 Å². The molecule has 1 N–H and O–H groups in total. The van der Waals surface area contributed by atoms with E-state index in [1.54, 1.807) is 11.0 Å². The first kappa shape index (κ1) is 8.69. The monoisotopic (exact) mass is 181 g/mol. The Morgan fingerprint density at radius 3 is 3.00 bits per heavy atom. The van der Waals surface area contributed by atoms with Crippen molar-refractivity contribution in [3.8, 4) is 0 Å². The van der Waals surface area contributed by atoms with Gasteiger partial charge in [0.2, 0.25) is 0 Å². The van der Waals surface area contributed by atoms with E-state index >= 15 is 0 Å². The molecule has 0 saturated heterocycles. The highest BCUT2D eigenvalue weighted by molar-refractivity contribution is 4.90. The van der Waals surface area contributed by atoms with Crippen LogP contribution >= 0.6 is 0 Å². The Morgan fingerprint density at radius 2 is 2.46 bits per heavy atom. The molecule has 4 heteroatoms. The number of aliphatic hydroxyl groups excluding tert-OH is 1. The summed E-state index contributed by atoms with van der Waals surface area (Å²) < 4.78 is 1.78. The molecular weight excluding hydrogens is 166 g/mol. The van der Waals surface area contributed by atoms with Gasteiger partial charge in [0, 0.05) is 13.5 Å². The normalized spacial score (nSPS) is 28.2. The van der Waals surface area contributed by atoms with Crippen LogP contribution in [0.5, 0.6) is 0 Å². The second kappa shape index (κ2) is 3.46. The zero-order chi connectivity index (χ0) is 9.26. The van der Waals surface area contributed by atoms with Crippen molar-refractivity contribution >= 4 is 0 Å². The fourth-order valence-corrected chi connectivity index (χ4v) is 1.99. The van der Waals surface area contributed by atoms with E-state index in [9.17, 15) is 5.11 Å². The van der Waals surface area contributed by atoms with Crippen LogP contribution in [0, 0.1) is 5.92 Å². The van der Waals surface area contributed by atoms with Crippen LogP contribution in [0.1, 0.15) is 25.1 Å². The van der Waals surface area contributed by atoms with Gasteiger partial charge >= 0.3 is 0 Å². The van der Waals surface area contributed by atoms with Crippen molar-refractivity contribution < 1.29 is 5.11 Å². The third kappa shape index (κ3) is 1.72. The van der Waals surface area contributed by atoms with E-state index in [1.807, 2.05) is 7.05 Å². The third-order valence-corrected chi connectivity index (χ3v) is 2.87. The first-order chi connectivity index (χ1) is 6.27. The SMILES string of the molecule is Cn1ncnc1CC1CCCC1O. The van der Waals surface area contributed by atoms with Gasteiger partial charge in [0.1, 0.15) is 12.2 Å². The van der Waals surface area contributed by atoms with E-state index in [4.69, 9.17) is 0 Å². The minimum absolute atomic E-state index is 0.128. The molecule has 4 nitrogen and oxygen atoms in total. The molecule has 1 saturated carbocycles. The highest BCUT2D eigenvalue weighted by Crippen LogP contribution is 2.27. The fourth-order valence-electron chi connectivity index (χ4n) is 1.99. The van der Waals surface area contributed by atoms with Crippen LogP contribution in [0.25, 0.3) is 0 Å². The molecule has 2 atom stereocenters. The second-order valence-corrected chi connectivity index (χ2v) is 3.76. The molecule has 0 bridgehead atoms. The third-order valence-electron chi connectivity index (χ3n) is 2.87. The maximum absolute atomic E-state index is 9.62. The van der Waals surface area contributed by atoms with Crippen LogP contribution < -0.4 is 0 Å². The van der Waals surface area contributed by atoms with Crippen molar-refractivity contribution in [3.05, 3.63) is 12.2 Å². The zero-order valence-electron chi connectivity index (χ0n) is 7.85. The first-order valence-corrected chi connectivity index (χ1v) is 4.78. The van der Waals surface area contributed by atoms with Gasteiger partial charge in [-0.2, -0.15) is 5.10 Å². The van der Waals surface area contributed by atoms with Crippen molar-refractivity contribution in [2.24, 2.45) is 13.0 Å². The maximum atomic E-state index is 9.62. The Hall–Kier alpha value is -0.900. The van der Waals surface area contributed by atoms with E-state index < -0.39 is 0 Å². The average molecular weight is 181 g/mol. The Balaban J connectivity index is 2.01. The zero-order valence-corrected chi connectivity index (χ0v) is 7.85. The quantitative estimate of drug-likeness (QED) is 0.723. The molecule has 2 rings (SSSR count). The highest BCUT2D eigenvalue weighted by atomic mass is 16.3. The van der Waals surface area contributed by atoms with Gasteiger partial charge < -0.3 is 5.11 Å². The van der Waals surface area contributed by atoms with Crippen molar-refractivity contribution in [2.75, 3.05) is 0 Å². The summed E-state index contributed by atoms with van der Waals surface area (Å²) >= 11 is 0. The summed E-state index contributed by atoms with van der Waals surface area (Å²) in [6.45, 7) is 0. The van der Waals surface area contributed by atoms with Crippen LogP contribution in [0.2, 0.25) is 0 Å². The molecule has 1 aromatic rings. The Morgan fingerprint density at radius 1 is 1.62 bits per heavy atom. The Kier molecular flexibility index (Phi) is 2.31. The van der Waals surface area contributed by atoms with Crippen molar-refractivity contribution in [3.63, 3.8) is 0 Å². The molecule has 1 aromatic heterocycles. The Labute approximate surface area is 77.6 Å². The summed E-state index contributed by atoms with van der Waals surface area (Å²) in [5.41, 5.74) is 0. The van der Waals surface area contributed by atoms with Gasteiger partial charge in [-0.1, -0.05) is 6.42 Å². The molecular formula is C9H15N3O. The van der Waals surface area contributed by atoms with Crippen molar-refractivity contribution in [1.82, 2.24) is 14.8 Å². The summed E-state index contributed by atoms with van der Waals surface area (Å²) in [7, 11) is 1.89. The average Bonchev–Trinajstić information content (AvgIpc) is 2.65. The smallest absolute Gasteiger partial charge is 0.138 e. The van der Waals surface area contributed by atoms with Gasteiger partial charge in [0.05, 0.1) is 6.10 Å². The first-order valence-electron chi connectivity index (χ1n) is 4.78. The number of hydrogen-bond donors (Lipinski definition) is 1. The standard InChI is InChI=1S/C9H15N3O/c1-12-9(10-6-11-12)5-7-3-2-4-8(7)13/h6-8,13H,2-5H2,1H3. The van der Waals surface area contributed by atoms with Crippen molar-refractivity contribution in [1.29, 1.82) is 0 Å². The fraction of sp³-hybridized carbons (Fsp3) is 0.778. The molecule has 0 spiro atoms. The van der Waals surface area contributed by atoms with Gasteiger partial charge in [0.15, 0.2) is 0 Å². The lowest BCUT2D eigenvalue weighted by Crippen LogP contribution is -2.17. The van der Waals surface area contributed by atoms with E-state index in [0.29, 0.717) is 5.92 Å². The molecule has 1 aliphatic carbocycles. The van der Waals surface area contributed by atoms with Gasteiger partial charge in [-0.3, -0.25) is 4.68 Å². The lowest BCUT2D eigenvalue weighted by Gasteiger charge is -2.12. The number of hydrogen-bond acceptors (Lipinski definition) is 3. The number of rotatable bonds is 2. The minimum atomic E-state index is -0.128. The van der Waals surface area contributed by atoms with Gasteiger partial charge in [-0.25, -0.2) is 4.98 Å². The van der Waals surface area contributed by atoms with E-state index in [2.05, 4.69) is 10.1 Å². The molecule has 0 amide bonds. The topological polar surface area (TPSA) is 50.9 Å². The molecule has 0 aliphatic heterocycles. The van der Waals surface area contributed by atoms with E-state index in [1.165, 1.54) is 0 Å². The van der Waals surface area contributed by atoms with Crippen molar-refractivity contribution in [2.45, 2.75) is 31.8 Å². The lowest BCUT2D eigenvalue weighted by atomic mass is 10.0. The maximum Gasteiger partial charge on any atom is 0.138 e. The minimum Gasteiger partial charge on any atom is -0.393 e. The summed E-state index contributed by atoms with van der Waals surface area (Å²) in [6.07, 6.45) is 5.51. The second-order valence-electron chi connectivity index (χ2n) is 3.76. The van der Waals surface area contributed by atoms with Crippen LogP contribution in [0.3, 0.4) is 0 Å². The van der Waals surface area contributed by atoms with Gasteiger partial charge in [0.25, 0.3) is 0 Å². The number of aryl methyl sites for hydroxylation is 1. The van der Waals surface area contributed by atoms with Crippen LogP contribution in [0.4, 0.5) is 0 Å². The molecule has 1 aliphatic rings. The largest absolute Gasteiger partial charge is 0.393 e. The molecule has 0 aromatic carbocycles. The summed E-state index contributed by atoms with van der Waals surface area (Å²) in [5, 5.41) is 13.6. The number of nitrogens with zero attached hydrogens (tertiary/aromatic N) is 3. The molecule has 1 fully saturated rings. The lowest BCUT2D eigenvalue weighted by molar-refractivity contribution is 0.131. The number of aromatic nitrogens is 3. The predicted octanol–water partition coefficient (Wildman–Crippen LogP) is 0.519. The summed E-state index contributed by atoms with van der Waals surface area (Å²) in [4.78, 5) is 4.15. The molecule has 1 heterocycles. The molecule has 2 unspecified atom stereocenters. The summed E-state index contributed by atoms with van der Waals surface area (Å²) in [6, 6.07) is 0. The van der Waals surface area contributed by atoms with Crippen LogP contribution in [-0.4, -0.2) is 26.0 Å². The number of aliphatic hydroxyl groups is 1. The predicted molar refractivity (Wildman–Crippen MR) is 48.1 cm³/mol. The highest BCUT2D eigenvalue weighted by Gasteiger charge is 2.26. The van der Waals surface area contributed by atoms with Crippen LogP contribution in [-0.2, 0) is 13.5 Å². The molecule has 72 valence electrons. The summed E-state index contributed by atoms with van der Waals surface area (Å²) in [5.74, 6) is 1.37. The van der Waals surface area contributed by atoms with E-state index in [0.717, 1.165) is 31.5 Å². The van der Waals surface area contributed by atoms with Crippen LogP contribution in [0.15, 0.2) is 6.33 Å².